The summed E-state index contributed by atoms with van der Waals surface area (Å²) in [4.78, 5) is 0. The van der Waals surface area contributed by atoms with Crippen LogP contribution in [0.2, 0.25) is 0 Å². The minimum absolute atomic E-state index is 0.923. The first-order chi connectivity index (χ1) is 12.4. The van der Waals surface area contributed by atoms with Crippen LogP contribution in [0.5, 0.6) is 0 Å². The Morgan fingerprint density at radius 3 is 2.24 bits per heavy atom. The van der Waals surface area contributed by atoms with Crippen LogP contribution in [0, 0.1) is 0 Å². The average Bonchev–Trinajstić information content (AvgIpc) is 3.17. The van der Waals surface area contributed by atoms with Gasteiger partial charge in [0.2, 0.25) is 0 Å². The van der Waals surface area contributed by atoms with Gasteiger partial charge in [-0.05, 0) is 34.9 Å². The Hall–Kier alpha value is -3.13. The maximum atomic E-state index is 4.77. The van der Waals surface area contributed by atoms with Crippen LogP contribution in [0.25, 0.3) is 17.2 Å². The van der Waals surface area contributed by atoms with Crippen LogP contribution >= 0.6 is 0 Å². The predicted molar refractivity (Wildman–Crippen MR) is 107 cm³/mol. The van der Waals surface area contributed by atoms with E-state index in [1.165, 1.54) is 16.7 Å². The maximum Gasteiger partial charge on any atom is 0.0628 e. The van der Waals surface area contributed by atoms with E-state index in [9.17, 15) is 0 Å². The SMILES string of the molecule is C(=Cc1ccccc1)C1=NN(c2cccc(-c3ccccc3)c2)CC1. The van der Waals surface area contributed by atoms with Gasteiger partial charge in [0.1, 0.15) is 0 Å². The Morgan fingerprint density at radius 1 is 0.720 bits per heavy atom. The molecule has 0 radical (unpaired) electrons. The number of hydrogen-bond donors (Lipinski definition) is 0. The third-order valence-electron chi connectivity index (χ3n) is 4.35. The van der Waals surface area contributed by atoms with E-state index in [0.717, 1.165) is 24.4 Å². The number of benzene rings is 3. The Kier molecular flexibility index (Phi) is 4.42. The standard InChI is InChI=1S/C23H20N2/c1-3-8-19(9-4-1)14-15-22-16-17-25(24-22)23-13-7-12-21(18-23)20-10-5-2-6-11-20/h1-15,18H,16-17H2. The zero-order valence-corrected chi connectivity index (χ0v) is 14.0. The van der Waals surface area contributed by atoms with E-state index < -0.39 is 0 Å². The molecule has 25 heavy (non-hydrogen) atoms. The number of allylic oxidation sites excluding steroid dienone is 1. The highest BCUT2D eigenvalue weighted by Gasteiger charge is 2.14. The number of nitrogens with zero attached hydrogens (tertiary/aromatic N) is 2. The minimum atomic E-state index is 0.923. The first kappa shape index (κ1) is 15.4. The minimum Gasteiger partial charge on any atom is -0.265 e. The molecular formula is C23H20N2. The molecule has 0 amide bonds. The molecular weight excluding hydrogens is 304 g/mol. The third kappa shape index (κ3) is 3.69. The molecule has 0 aliphatic carbocycles. The summed E-state index contributed by atoms with van der Waals surface area (Å²) in [5.74, 6) is 0. The van der Waals surface area contributed by atoms with Gasteiger partial charge in [-0.3, -0.25) is 5.01 Å². The molecule has 3 aromatic rings. The van der Waals surface area contributed by atoms with Crippen LogP contribution in [-0.2, 0) is 0 Å². The zero-order chi connectivity index (χ0) is 16.9. The van der Waals surface area contributed by atoms with Crippen molar-refractivity contribution >= 4 is 17.5 Å². The van der Waals surface area contributed by atoms with E-state index in [0.29, 0.717) is 0 Å². The molecule has 1 aliphatic rings. The molecule has 2 nitrogen and oxygen atoms in total. The summed E-state index contributed by atoms with van der Waals surface area (Å²) in [6, 6.07) is 29.4. The predicted octanol–water partition coefficient (Wildman–Crippen LogP) is 5.63. The lowest BCUT2D eigenvalue weighted by Crippen LogP contribution is -2.11. The molecule has 4 rings (SSSR count). The van der Waals surface area contributed by atoms with Crippen molar-refractivity contribution in [3.63, 3.8) is 0 Å². The molecule has 1 heterocycles. The quantitative estimate of drug-likeness (QED) is 0.607. The van der Waals surface area contributed by atoms with Crippen LogP contribution in [0.1, 0.15) is 12.0 Å². The summed E-state index contributed by atoms with van der Waals surface area (Å²) >= 11 is 0. The molecule has 0 atom stereocenters. The Bertz CT molecular complexity index is 896. The molecule has 1 aliphatic heterocycles. The van der Waals surface area contributed by atoms with Crippen molar-refractivity contribution in [2.24, 2.45) is 5.10 Å². The van der Waals surface area contributed by atoms with Crippen LogP contribution in [0.4, 0.5) is 5.69 Å². The van der Waals surface area contributed by atoms with E-state index in [2.05, 4.69) is 90.0 Å². The maximum absolute atomic E-state index is 4.77. The lowest BCUT2D eigenvalue weighted by Gasteiger charge is -2.14. The molecule has 2 heteroatoms. The van der Waals surface area contributed by atoms with Crippen molar-refractivity contribution in [2.45, 2.75) is 6.42 Å². The van der Waals surface area contributed by atoms with E-state index in [1.54, 1.807) is 0 Å². The number of hydrazone groups is 1. The molecule has 0 saturated heterocycles. The molecule has 0 fully saturated rings. The Balaban J connectivity index is 1.53. The normalized spacial score (nSPS) is 14.1. The van der Waals surface area contributed by atoms with E-state index in [1.807, 2.05) is 12.1 Å². The third-order valence-corrected chi connectivity index (χ3v) is 4.35. The van der Waals surface area contributed by atoms with Crippen LogP contribution in [0.3, 0.4) is 0 Å². The van der Waals surface area contributed by atoms with Gasteiger partial charge in [-0.2, -0.15) is 5.10 Å². The van der Waals surface area contributed by atoms with Crippen molar-refractivity contribution in [3.8, 4) is 11.1 Å². The topological polar surface area (TPSA) is 15.6 Å². The Labute approximate surface area is 148 Å². The summed E-state index contributed by atoms with van der Waals surface area (Å²) < 4.78 is 0. The number of anilines is 1. The molecule has 0 saturated carbocycles. The van der Waals surface area contributed by atoms with Gasteiger partial charge in [-0.25, -0.2) is 0 Å². The summed E-state index contributed by atoms with van der Waals surface area (Å²) in [5.41, 5.74) is 5.92. The highest BCUT2D eigenvalue weighted by atomic mass is 15.5. The zero-order valence-electron chi connectivity index (χ0n) is 14.0. The van der Waals surface area contributed by atoms with Crippen LogP contribution in [-0.4, -0.2) is 12.3 Å². The van der Waals surface area contributed by atoms with Gasteiger partial charge >= 0.3 is 0 Å². The second-order valence-corrected chi connectivity index (χ2v) is 6.12. The molecule has 0 spiro atoms. The molecule has 0 N–H and O–H groups in total. The van der Waals surface area contributed by atoms with Crippen LogP contribution < -0.4 is 5.01 Å². The van der Waals surface area contributed by atoms with E-state index in [-0.39, 0.29) is 0 Å². The number of rotatable bonds is 4. The molecule has 122 valence electrons. The summed E-state index contributed by atoms with van der Waals surface area (Å²) in [7, 11) is 0. The summed E-state index contributed by atoms with van der Waals surface area (Å²) in [6.07, 6.45) is 5.22. The van der Waals surface area contributed by atoms with Gasteiger partial charge < -0.3 is 0 Å². The molecule has 0 unspecified atom stereocenters. The largest absolute Gasteiger partial charge is 0.265 e. The smallest absolute Gasteiger partial charge is 0.0628 e. The molecule has 0 bridgehead atoms. The fourth-order valence-corrected chi connectivity index (χ4v) is 3.01. The second-order valence-electron chi connectivity index (χ2n) is 6.12. The first-order valence-corrected chi connectivity index (χ1v) is 8.62. The monoisotopic (exact) mass is 324 g/mol. The van der Waals surface area contributed by atoms with Gasteiger partial charge in [0.25, 0.3) is 0 Å². The van der Waals surface area contributed by atoms with Crippen molar-refractivity contribution in [1.29, 1.82) is 0 Å². The lowest BCUT2D eigenvalue weighted by molar-refractivity contribution is 0.922. The van der Waals surface area contributed by atoms with Crippen molar-refractivity contribution in [3.05, 3.63) is 96.6 Å². The van der Waals surface area contributed by atoms with Crippen molar-refractivity contribution < 1.29 is 0 Å². The average molecular weight is 324 g/mol. The summed E-state index contributed by atoms with van der Waals surface area (Å²) in [6.45, 7) is 0.923. The first-order valence-electron chi connectivity index (χ1n) is 8.62. The van der Waals surface area contributed by atoms with Crippen LogP contribution in [0.15, 0.2) is 96.1 Å². The fraction of sp³-hybridized carbons (Fsp3) is 0.0870. The summed E-state index contributed by atoms with van der Waals surface area (Å²) in [5, 5.41) is 6.87. The van der Waals surface area contributed by atoms with Crippen molar-refractivity contribution in [2.75, 3.05) is 11.6 Å². The molecule has 0 aromatic heterocycles. The van der Waals surface area contributed by atoms with Gasteiger partial charge in [0.15, 0.2) is 0 Å². The second kappa shape index (κ2) is 7.18. The van der Waals surface area contributed by atoms with Gasteiger partial charge in [0, 0.05) is 13.0 Å². The Morgan fingerprint density at radius 2 is 1.44 bits per heavy atom. The fourth-order valence-electron chi connectivity index (χ4n) is 3.01. The van der Waals surface area contributed by atoms with Gasteiger partial charge in [0.05, 0.1) is 11.4 Å². The highest BCUT2D eigenvalue weighted by molar-refractivity contribution is 6.00. The highest BCUT2D eigenvalue weighted by Crippen LogP contribution is 2.26. The van der Waals surface area contributed by atoms with E-state index >= 15 is 0 Å². The van der Waals surface area contributed by atoms with Gasteiger partial charge in [-0.1, -0.05) is 78.9 Å². The number of hydrogen-bond acceptors (Lipinski definition) is 2. The van der Waals surface area contributed by atoms with E-state index in [4.69, 9.17) is 5.10 Å². The molecule has 3 aromatic carbocycles. The lowest BCUT2D eigenvalue weighted by atomic mass is 10.1. The van der Waals surface area contributed by atoms with Crippen molar-refractivity contribution in [1.82, 2.24) is 0 Å². The van der Waals surface area contributed by atoms with Gasteiger partial charge in [-0.15, -0.1) is 0 Å².